The van der Waals surface area contributed by atoms with Crippen LogP contribution in [-0.2, 0) is 0 Å². The maximum absolute atomic E-state index is 12.2. The van der Waals surface area contributed by atoms with Crippen LogP contribution >= 0.6 is 11.3 Å². The number of hydrogen-bond acceptors (Lipinski definition) is 5. The van der Waals surface area contributed by atoms with Crippen LogP contribution in [0.4, 0.5) is 21.3 Å². The van der Waals surface area contributed by atoms with Crippen LogP contribution in [0.2, 0.25) is 0 Å². The van der Waals surface area contributed by atoms with Crippen LogP contribution in [0.5, 0.6) is 5.75 Å². The average Bonchev–Trinajstić information content (AvgIpc) is 2.86. The van der Waals surface area contributed by atoms with E-state index < -0.39 is 0 Å². The number of fused-ring (bicyclic) bond motifs is 1. The zero-order chi connectivity index (χ0) is 16.4. The van der Waals surface area contributed by atoms with Gasteiger partial charge in [-0.2, -0.15) is 0 Å². The highest BCUT2D eigenvalue weighted by Crippen LogP contribution is 2.27. The number of methoxy groups -OCH3 is 1. The fourth-order valence-corrected chi connectivity index (χ4v) is 3.00. The number of carbonyl (C=O) groups is 1. The second-order valence-corrected chi connectivity index (χ2v) is 6.08. The number of amides is 2. The van der Waals surface area contributed by atoms with E-state index in [2.05, 4.69) is 15.6 Å². The van der Waals surface area contributed by atoms with Gasteiger partial charge in [-0.3, -0.25) is 0 Å². The summed E-state index contributed by atoms with van der Waals surface area (Å²) in [4.78, 5) is 16.4. The van der Waals surface area contributed by atoms with Gasteiger partial charge in [-0.1, -0.05) is 17.4 Å². The number of nitrogens with two attached hydrogens (primary N) is 1. The lowest BCUT2D eigenvalue weighted by Gasteiger charge is -2.12. The summed E-state index contributed by atoms with van der Waals surface area (Å²) in [6.45, 7) is 1.95. The van der Waals surface area contributed by atoms with E-state index in [4.69, 9.17) is 10.5 Å². The molecule has 6 nitrogen and oxygen atoms in total. The molecule has 0 saturated carbocycles. The van der Waals surface area contributed by atoms with Crippen LogP contribution in [0.25, 0.3) is 10.2 Å². The minimum atomic E-state index is -0.342. The molecular weight excluding hydrogens is 312 g/mol. The number of aromatic nitrogens is 1. The molecule has 3 rings (SSSR count). The van der Waals surface area contributed by atoms with Gasteiger partial charge in [0.15, 0.2) is 5.13 Å². The highest BCUT2D eigenvalue weighted by molar-refractivity contribution is 7.22. The van der Waals surface area contributed by atoms with Crippen molar-refractivity contribution in [2.24, 2.45) is 0 Å². The van der Waals surface area contributed by atoms with Gasteiger partial charge in [0.25, 0.3) is 0 Å². The van der Waals surface area contributed by atoms with E-state index in [0.29, 0.717) is 22.3 Å². The van der Waals surface area contributed by atoms with E-state index in [1.165, 1.54) is 11.3 Å². The lowest BCUT2D eigenvalue weighted by molar-refractivity contribution is 0.262. The number of ether oxygens (including phenoxy) is 1. The third-order valence-electron chi connectivity index (χ3n) is 3.27. The second-order valence-electron chi connectivity index (χ2n) is 5.02. The first kappa shape index (κ1) is 15.1. The predicted molar refractivity (Wildman–Crippen MR) is 94.4 cm³/mol. The molecule has 0 unspecified atom stereocenters. The predicted octanol–water partition coefficient (Wildman–Crippen LogP) is 3.84. The number of nitrogens with one attached hydrogen (secondary N) is 2. The van der Waals surface area contributed by atoms with Gasteiger partial charge in [-0.15, -0.1) is 0 Å². The number of benzene rings is 2. The minimum absolute atomic E-state index is 0.342. The molecule has 0 aliphatic carbocycles. The monoisotopic (exact) mass is 328 g/mol. The zero-order valence-electron chi connectivity index (χ0n) is 12.7. The van der Waals surface area contributed by atoms with Gasteiger partial charge in [-0.25, -0.2) is 9.78 Å². The summed E-state index contributed by atoms with van der Waals surface area (Å²) in [7, 11) is 1.57. The average molecular weight is 328 g/mol. The van der Waals surface area contributed by atoms with Crippen molar-refractivity contribution in [3.63, 3.8) is 0 Å². The van der Waals surface area contributed by atoms with E-state index in [1.54, 1.807) is 13.2 Å². The molecule has 3 aromatic rings. The van der Waals surface area contributed by atoms with Gasteiger partial charge in [0, 0.05) is 5.69 Å². The fraction of sp³-hybridized carbons (Fsp3) is 0.125. The van der Waals surface area contributed by atoms with E-state index in [-0.39, 0.29) is 6.03 Å². The normalized spacial score (nSPS) is 10.5. The third kappa shape index (κ3) is 3.35. The van der Waals surface area contributed by atoms with Crippen molar-refractivity contribution >= 4 is 44.1 Å². The highest BCUT2D eigenvalue weighted by atomic mass is 32.1. The van der Waals surface area contributed by atoms with Crippen molar-refractivity contribution in [1.29, 1.82) is 0 Å². The number of anilines is 3. The summed E-state index contributed by atoms with van der Waals surface area (Å²) in [5.41, 5.74) is 8.82. The molecule has 118 valence electrons. The molecule has 1 heterocycles. The smallest absolute Gasteiger partial charge is 0.323 e. The molecule has 7 heteroatoms. The number of rotatable bonds is 3. The lowest BCUT2D eigenvalue weighted by atomic mass is 10.2. The van der Waals surface area contributed by atoms with Gasteiger partial charge >= 0.3 is 6.03 Å². The molecular formula is C16H16N4O2S. The first-order valence-electron chi connectivity index (χ1n) is 6.94. The second kappa shape index (κ2) is 6.13. The Bertz CT molecular complexity index is 876. The van der Waals surface area contributed by atoms with Crippen LogP contribution in [-0.4, -0.2) is 18.1 Å². The van der Waals surface area contributed by atoms with Crippen LogP contribution in [0.1, 0.15) is 5.56 Å². The number of aryl methyl sites for hydroxylation is 1. The topological polar surface area (TPSA) is 89.3 Å². The van der Waals surface area contributed by atoms with Crippen LogP contribution in [0.15, 0.2) is 36.4 Å². The molecule has 0 saturated heterocycles. The molecule has 0 fully saturated rings. The standard InChI is InChI=1S/C16H16N4O2S/c1-9-3-6-13(22-2)12(7-9)20-16(21)18-10-4-5-11-14(8-10)23-15(17)19-11/h3-8H,1-2H3,(H2,17,19)(H2,18,20,21). The number of nitrogen functional groups attached to an aromatic ring is 1. The van der Waals surface area contributed by atoms with Crippen LogP contribution < -0.4 is 21.1 Å². The van der Waals surface area contributed by atoms with Crippen molar-refractivity contribution < 1.29 is 9.53 Å². The molecule has 2 amide bonds. The SMILES string of the molecule is COc1ccc(C)cc1NC(=O)Nc1ccc2nc(N)sc2c1. The van der Waals surface area contributed by atoms with E-state index in [9.17, 15) is 4.79 Å². The zero-order valence-corrected chi connectivity index (χ0v) is 13.5. The van der Waals surface area contributed by atoms with Gasteiger partial charge in [0.1, 0.15) is 5.75 Å². The van der Waals surface area contributed by atoms with Gasteiger partial charge < -0.3 is 21.1 Å². The van der Waals surface area contributed by atoms with Crippen molar-refractivity contribution in [3.8, 4) is 5.75 Å². The Kier molecular flexibility index (Phi) is 4.03. The molecule has 1 aromatic heterocycles. The van der Waals surface area contributed by atoms with Crippen molar-refractivity contribution in [2.45, 2.75) is 6.92 Å². The molecule has 23 heavy (non-hydrogen) atoms. The Labute approximate surface area is 137 Å². The quantitative estimate of drug-likeness (QED) is 0.681. The third-order valence-corrected chi connectivity index (χ3v) is 4.11. The van der Waals surface area contributed by atoms with Gasteiger partial charge in [0.05, 0.1) is 23.0 Å². The summed E-state index contributed by atoms with van der Waals surface area (Å²) >= 11 is 1.38. The number of nitrogens with zero attached hydrogens (tertiary/aromatic N) is 1. The Morgan fingerprint density at radius 2 is 2.04 bits per heavy atom. The molecule has 2 aromatic carbocycles. The van der Waals surface area contributed by atoms with Crippen LogP contribution in [0.3, 0.4) is 0 Å². The number of hydrogen-bond donors (Lipinski definition) is 3. The van der Waals surface area contributed by atoms with Gasteiger partial charge in [0.2, 0.25) is 0 Å². The van der Waals surface area contributed by atoms with E-state index in [1.807, 2.05) is 37.3 Å². The lowest BCUT2D eigenvalue weighted by Crippen LogP contribution is -2.19. The molecule has 0 radical (unpaired) electrons. The summed E-state index contributed by atoms with van der Waals surface area (Å²) in [6.07, 6.45) is 0. The Hall–Kier alpha value is -2.80. The summed E-state index contributed by atoms with van der Waals surface area (Å²) in [6, 6.07) is 10.7. The largest absolute Gasteiger partial charge is 0.495 e. The maximum Gasteiger partial charge on any atom is 0.323 e. The molecule has 0 aliphatic heterocycles. The number of thiazole rings is 1. The Balaban J connectivity index is 1.76. The Morgan fingerprint density at radius 1 is 1.22 bits per heavy atom. The first-order chi connectivity index (χ1) is 11.0. The number of urea groups is 1. The molecule has 0 atom stereocenters. The van der Waals surface area contributed by atoms with E-state index in [0.717, 1.165) is 15.8 Å². The fourth-order valence-electron chi connectivity index (χ4n) is 2.22. The summed E-state index contributed by atoms with van der Waals surface area (Å²) < 4.78 is 6.17. The number of carbonyl (C=O) groups excluding carboxylic acids is 1. The minimum Gasteiger partial charge on any atom is -0.495 e. The summed E-state index contributed by atoms with van der Waals surface area (Å²) in [5, 5.41) is 6.09. The van der Waals surface area contributed by atoms with Crippen molar-refractivity contribution in [2.75, 3.05) is 23.5 Å². The maximum atomic E-state index is 12.2. The molecule has 0 aliphatic rings. The van der Waals surface area contributed by atoms with Crippen molar-refractivity contribution in [3.05, 3.63) is 42.0 Å². The Morgan fingerprint density at radius 3 is 2.83 bits per heavy atom. The van der Waals surface area contributed by atoms with E-state index >= 15 is 0 Å². The molecule has 0 spiro atoms. The molecule has 0 bridgehead atoms. The van der Waals surface area contributed by atoms with Gasteiger partial charge in [-0.05, 0) is 42.8 Å². The summed E-state index contributed by atoms with van der Waals surface area (Å²) in [5.74, 6) is 0.608. The first-order valence-corrected chi connectivity index (χ1v) is 7.75. The highest BCUT2D eigenvalue weighted by Gasteiger charge is 2.09. The van der Waals surface area contributed by atoms with Crippen molar-refractivity contribution in [1.82, 2.24) is 4.98 Å². The van der Waals surface area contributed by atoms with Crippen LogP contribution in [0, 0.1) is 6.92 Å². The molecule has 4 N–H and O–H groups in total.